The number of nitrogens with zero attached hydrogens (tertiary/aromatic N) is 1. The van der Waals surface area contributed by atoms with Gasteiger partial charge in [-0.15, -0.1) is 0 Å². The summed E-state index contributed by atoms with van der Waals surface area (Å²) >= 11 is 18.0. The lowest BCUT2D eigenvalue weighted by molar-refractivity contribution is 0.259. The van der Waals surface area contributed by atoms with Crippen molar-refractivity contribution in [3.63, 3.8) is 0 Å². The van der Waals surface area contributed by atoms with Gasteiger partial charge in [-0.3, -0.25) is 4.90 Å². The lowest BCUT2D eigenvalue weighted by atomic mass is 10.2. The second-order valence-corrected chi connectivity index (χ2v) is 6.46. The van der Waals surface area contributed by atoms with Gasteiger partial charge in [-0.2, -0.15) is 0 Å². The monoisotopic (exact) mass is 390 g/mol. The van der Waals surface area contributed by atoms with Gasteiger partial charge < -0.3 is 5.32 Å². The Hall–Kier alpha value is -2.20. The summed E-state index contributed by atoms with van der Waals surface area (Å²) in [4.78, 5) is 14.5. The zero-order valence-corrected chi connectivity index (χ0v) is 15.2. The molecule has 2 amide bonds. The maximum Gasteiger partial charge on any atom is 0.330 e. The quantitative estimate of drug-likeness (QED) is 0.511. The standard InChI is InChI=1S/C19H13Cl3N2O/c20-13-5-4-8-16(11-13)24(15-6-2-1-3-7-15)19(25)23-14-9-10-17(21)18(22)12-14/h1-12H,(H,23,25). The Morgan fingerprint density at radius 1 is 0.760 bits per heavy atom. The molecule has 0 unspecified atom stereocenters. The van der Waals surface area contributed by atoms with E-state index in [2.05, 4.69) is 5.32 Å². The molecular formula is C19H13Cl3N2O. The molecule has 0 aliphatic carbocycles. The molecule has 0 heterocycles. The van der Waals surface area contributed by atoms with E-state index >= 15 is 0 Å². The Bertz CT molecular complexity index is 900. The van der Waals surface area contributed by atoms with E-state index in [1.54, 1.807) is 36.4 Å². The van der Waals surface area contributed by atoms with Crippen LogP contribution in [-0.4, -0.2) is 6.03 Å². The number of hydrogen-bond acceptors (Lipinski definition) is 1. The summed E-state index contributed by atoms with van der Waals surface area (Å²) in [5.74, 6) is 0. The summed E-state index contributed by atoms with van der Waals surface area (Å²) in [7, 11) is 0. The number of hydrogen-bond donors (Lipinski definition) is 1. The van der Waals surface area contributed by atoms with Crippen molar-refractivity contribution in [2.45, 2.75) is 0 Å². The molecule has 3 rings (SSSR count). The zero-order valence-electron chi connectivity index (χ0n) is 12.9. The van der Waals surface area contributed by atoms with Crippen LogP contribution < -0.4 is 10.2 Å². The van der Waals surface area contributed by atoms with Crippen LogP contribution in [-0.2, 0) is 0 Å². The zero-order chi connectivity index (χ0) is 17.8. The third-order valence-electron chi connectivity index (χ3n) is 3.45. The second kappa shape index (κ2) is 7.79. The minimum Gasteiger partial charge on any atom is -0.307 e. The molecule has 3 nitrogen and oxygen atoms in total. The summed E-state index contributed by atoms with van der Waals surface area (Å²) in [5, 5.41) is 4.16. The third-order valence-corrected chi connectivity index (χ3v) is 4.43. The Morgan fingerprint density at radius 2 is 1.48 bits per heavy atom. The number of rotatable bonds is 3. The SMILES string of the molecule is O=C(Nc1ccc(Cl)c(Cl)c1)N(c1ccccc1)c1cccc(Cl)c1. The van der Waals surface area contributed by atoms with E-state index in [1.165, 1.54) is 4.90 Å². The predicted molar refractivity (Wildman–Crippen MR) is 106 cm³/mol. The topological polar surface area (TPSA) is 32.3 Å². The number of carbonyl (C=O) groups excluding carboxylic acids is 1. The van der Waals surface area contributed by atoms with E-state index in [1.807, 2.05) is 36.4 Å². The fraction of sp³-hybridized carbons (Fsp3) is 0. The number of halogens is 3. The van der Waals surface area contributed by atoms with Crippen LogP contribution >= 0.6 is 34.8 Å². The van der Waals surface area contributed by atoms with Gasteiger partial charge in [0.2, 0.25) is 0 Å². The van der Waals surface area contributed by atoms with Gasteiger partial charge in [0, 0.05) is 10.7 Å². The number of para-hydroxylation sites is 1. The molecule has 1 N–H and O–H groups in total. The fourth-order valence-electron chi connectivity index (χ4n) is 2.33. The second-order valence-electron chi connectivity index (χ2n) is 5.21. The average molecular weight is 392 g/mol. The Morgan fingerprint density at radius 3 is 2.16 bits per heavy atom. The van der Waals surface area contributed by atoms with Crippen LogP contribution in [0.25, 0.3) is 0 Å². The molecule has 0 radical (unpaired) electrons. The summed E-state index contributed by atoms with van der Waals surface area (Å²) in [6.07, 6.45) is 0. The van der Waals surface area contributed by atoms with Crippen LogP contribution in [0.15, 0.2) is 72.8 Å². The maximum atomic E-state index is 12.9. The van der Waals surface area contributed by atoms with E-state index < -0.39 is 0 Å². The third kappa shape index (κ3) is 4.26. The minimum absolute atomic E-state index is 0.341. The van der Waals surface area contributed by atoms with Crippen molar-refractivity contribution in [3.8, 4) is 0 Å². The summed E-state index contributed by atoms with van der Waals surface area (Å²) in [5.41, 5.74) is 1.90. The number of nitrogens with one attached hydrogen (secondary N) is 1. The van der Waals surface area contributed by atoms with Crippen molar-refractivity contribution in [3.05, 3.63) is 87.9 Å². The molecule has 6 heteroatoms. The smallest absolute Gasteiger partial charge is 0.307 e. The molecule has 0 saturated heterocycles. The molecule has 3 aromatic carbocycles. The van der Waals surface area contributed by atoms with Crippen LogP contribution in [0.1, 0.15) is 0 Å². The minimum atomic E-state index is -0.341. The number of carbonyl (C=O) groups is 1. The highest BCUT2D eigenvalue weighted by Gasteiger charge is 2.18. The van der Waals surface area contributed by atoms with Crippen molar-refractivity contribution in [1.82, 2.24) is 0 Å². The molecule has 126 valence electrons. The molecule has 0 aliphatic heterocycles. The Balaban J connectivity index is 1.96. The van der Waals surface area contributed by atoms with E-state index in [0.717, 1.165) is 0 Å². The maximum absolute atomic E-state index is 12.9. The van der Waals surface area contributed by atoms with Gasteiger partial charge in [0.05, 0.1) is 21.4 Å². The van der Waals surface area contributed by atoms with E-state index in [4.69, 9.17) is 34.8 Å². The van der Waals surface area contributed by atoms with E-state index in [-0.39, 0.29) is 6.03 Å². The van der Waals surface area contributed by atoms with Crippen LogP contribution in [0.4, 0.5) is 21.9 Å². The first-order chi connectivity index (χ1) is 12.0. The van der Waals surface area contributed by atoms with Crippen molar-refractivity contribution < 1.29 is 4.79 Å². The van der Waals surface area contributed by atoms with E-state index in [0.29, 0.717) is 32.1 Å². The van der Waals surface area contributed by atoms with Gasteiger partial charge in [-0.1, -0.05) is 59.1 Å². The molecule has 0 fully saturated rings. The molecule has 0 atom stereocenters. The summed E-state index contributed by atoms with van der Waals surface area (Å²) in [6.45, 7) is 0. The molecule has 25 heavy (non-hydrogen) atoms. The highest BCUT2D eigenvalue weighted by molar-refractivity contribution is 6.42. The van der Waals surface area contributed by atoms with Crippen molar-refractivity contribution >= 4 is 57.9 Å². The Kier molecular flexibility index (Phi) is 5.49. The van der Waals surface area contributed by atoms with Gasteiger partial charge in [0.1, 0.15) is 0 Å². The lowest BCUT2D eigenvalue weighted by Crippen LogP contribution is -2.30. The predicted octanol–water partition coefficient (Wildman–Crippen LogP) is 7.02. The van der Waals surface area contributed by atoms with Crippen LogP contribution in [0.5, 0.6) is 0 Å². The van der Waals surface area contributed by atoms with Crippen LogP contribution in [0.2, 0.25) is 15.1 Å². The van der Waals surface area contributed by atoms with Crippen molar-refractivity contribution in [2.75, 3.05) is 10.2 Å². The molecular weight excluding hydrogens is 379 g/mol. The molecule has 0 bridgehead atoms. The summed E-state index contributed by atoms with van der Waals surface area (Å²) in [6, 6.07) is 21.0. The molecule has 0 aromatic heterocycles. The van der Waals surface area contributed by atoms with Gasteiger partial charge in [-0.25, -0.2) is 4.79 Å². The van der Waals surface area contributed by atoms with Crippen molar-refractivity contribution in [1.29, 1.82) is 0 Å². The number of anilines is 3. The average Bonchev–Trinajstić information content (AvgIpc) is 2.59. The van der Waals surface area contributed by atoms with Gasteiger partial charge in [0.25, 0.3) is 0 Å². The van der Waals surface area contributed by atoms with Crippen molar-refractivity contribution in [2.24, 2.45) is 0 Å². The van der Waals surface area contributed by atoms with Gasteiger partial charge >= 0.3 is 6.03 Å². The molecule has 3 aromatic rings. The van der Waals surface area contributed by atoms with Crippen LogP contribution in [0.3, 0.4) is 0 Å². The largest absolute Gasteiger partial charge is 0.330 e. The van der Waals surface area contributed by atoms with E-state index in [9.17, 15) is 4.79 Å². The Labute approximate surface area is 160 Å². The summed E-state index contributed by atoms with van der Waals surface area (Å²) < 4.78 is 0. The molecule has 0 saturated carbocycles. The first-order valence-electron chi connectivity index (χ1n) is 7.41. The normalized spacial score (nSPS) is 10.4. The van der Waals surface area contributed by atoms with Crippen LogP contribution in [0, 0.1) is 0 Å². The highest BCUT2D eigenvalue weighted by atomic mass is 35.5. The number of amides is 2. The first-order valence-corrected chi connectivity index (χ1v) is 8.55. The highest BCUT2D eigenvalue weighted by Crippen LogP contribution is 2.30. The molecule has 0 spiro atoms. The molecule has 0 aliphatic rings. The first kappa shape index (κ1) is 17.6. The fourth-order valence-corrected chi connectivity index (χ4v) is 2.81. The van der Waals surface area contributed by atoms with Gasteiger partial charge in [-0.05, 0) is 48.5 Å². The number of urea groups is 1. The van der Waals surface area contributed by atoms with Gasteiger partial charge in [0.15, 0.2) is 0 Å². The lowest BCUT2D eigenvalue weighted by Gasteiger charge is -2.23. The number of benzene rings is 3.